The Bertz CT molecular complexity index is 208. The normalized spacial score (nSPS) is 24.5. The van der Waals surface area contributed by atoms with Crippen molar-refractivity contribution >= 4 is 6.29 Å². The number of carbonyl (C=O) groups is 1. The highest BCUT2D eigenvalue weighted by atomic mass is 16.1. The van der Waals surface area contributed by atoms with E-state index in [0.717, 1.165) is 38.9 Å². The quantitative estimate of drug-likeness (QED) is 0.655. The zero-order valence-corrected chi connectivity index (χ0v) is 10.3. The lowest BCUT2D eigenvalue weighted by Gasteiger charge is -2.29. The molecule has 1 aliphatic heterocycles. The second-order valence-electron chi connectivity index (χ2n) is 5.06. The van der Waals surface area contributed by atoms with Gasteiger partial charge in [-0.3, -0.25) is 0 Å². The molecule has 0 aromatic heterocycles. The molecule has 0 radical (unpaired) electrons. The van der Waals surface area contributed by atoms with Gasteiger partial charge in [0.2, 0.25) is 0 Å². The summed E-state index contributed by atoms with van der Waals surface area (Å²) in [6.45, 7) is 9.61. The zero-order chi connectivity index (χ0) is 11.3. The number of hydrogen-bond donors (Lipinski definition) is 0. The van der Waals surface area contributed by atoms with E-state index in [1.165, 1.54) is 13.0 Å². The van der Waals surface area contributed by atoms with Gasteiger partial charge in [0.15, 0.2) is 0 Å². The number of rotatable bonds is 4. The highest BCUT2D eigenvalue weighted by Crippen LogP contribution is 2.20. The molecule has 0 aromatic rings. The summed E-state index contributed by atoms with van der Waals surface area (Å²) in [4.78, 5) is 15.8. The van der Waals surface area contributed by atoms with Crippen LogP contribution in [0.2, 0.25) is 0 Å². The van der Waals surface area contributed by atoms with Gasteiger partial charge in [-0.2, -0.15) is 0 Å². The Hall–Kier alpha value is -0.410. The molecule has 0 spiro atoms. The molecule has 1 rings (SSSR count). The molecule has 15 heavy (non-hydrogen) atoms. The minimum atomic E-state index is -0.150. The molecular formula is C12H24N2O. The second kappa shape index (κ2) is 5.61. The Morgan fingerprint density at radius 1 is 1.27 bits per heavy atom. The molecule has 0 amide bonds. The minimum absolute atomic E-state index is 0.150. The molecule has 3 heteroatoms. The summed E-state index contributed by atoms with van der Waals surface area (Å²) in [6.07, 6.45) is 3.28. The van der Waals surface area contributed by atoms with Gasteiger partial charge >= 0.3 is 0 Å². The van der Waals surface area contributed by atoms with Gasteiger partial charge in [0.1, 0.15) is 6.29 Å². The summed E-state index contributed by atoms with van der Waals surface area (Å²) in [7, 11) is 2.17. The molecule has 0 N–H and O–H groups in total. The van der Waals surface area contributed by atoms with E-state index in [1.807, 2.05) is 0 Å². The number of carbonyl (C=O) groups excluding carboxylic acids is 1. The molecule has 88 valence electrons. The average molecular weight is 212 g/mol. The fourth-order valence-electron chi connectivity index (χ4n) is 2.00. The third-order valence-electron chi connectivity index (χ3n) is 3.49. The van der Waals surface area contributed by atoms with E-state index in [4.69, 9.17) is 0 Å². The van der Waals surface area contributed by atoms with Crippen molar-refractivity contribution in [3.8, 4) is 0 Å². The van der Waals surface area contributed by atoms with Crippen LogP contribution < -0.4 is 0 Å². The summed E-state index contributed by atoms with van der Waals surface area (Å²) in [6, 6.07) is 0. The van der Waals surface area contributed by atoms with E-state index in [1.54, 1.807) is 0 Å². The van der Waals surface area contributed by atoms with Crippen molar-refractivity contribution in [2.45, 2.75) is 26.7 Å². The molecule has 3 nitrogen and oxygen atoms in total. The van der Waals surface area contributed by atoms with Crippen molar-refractivity contribution in [1.82, 2.24) is 9.80 Å². The van der Waals surface area contributed by atoms with E-state index in [0.29, 0.717) is 0 Å². The SMILES string of the molecule is CCC(C)(C=O)CN1CCCN(C)CC1. The van der Waals surface area contributed by atoms with Crippen molar-refractivity contribution in [2.24, 2.45) is 5.41 Å². The molecule has 1 atom stereocenters. The maximum Gasteiger partial charge on any atom is 0.127 e. The lowest BCUT2D eigenvalue weighted by molar-refractivity contribution is -0.116. The van der Waals surface area contributed by atoms with Gasteiger partial charge in [0.25, 0.3) is 0 Å². The zero-order valence-electron chi connectivity index (χ0n) is 10.3. The first kappa shape index (κ1) is 12.7. The Balaban J connectivity index is 2.46. The monoisotopic (exact) mass is 212 g/mol. The van der Waals surface area contributed by atoms with Crippen molar-refractivity contribution < 1.29 is 4.79 Å². The van der Waals surface area contributed by atoms with E-state index >= 15 is 0 Å². The Morgan fingerprint density at radius 3 is 2.60 bits per heavy atom. The van der Waals surface area contributed by atoms with Crippen LogP contribution in [0.4, 0.5) is 0 Å². The number of likely N-dealkylation sites (N-methyl/N-ethyl adjacent to an activating group) is 1. The third kappa shape index (κ3) is 3.92. The topological polar surface area (TPSA) is 23.6 Å². The molecule has 1 saturated heterocycles. The second-order valence-corrected chi connectivity index (χ2v) is 5.06. The number of aldehydes is 1. The van der Waals surface area contributed by atoms with Crippen molar-refractivity contribution in [1.29, 1.82) is 0 Å². The molecule has 1 heterocycles. The van der Waals surface area contributed by atoms with Crippen LogP contribution >= 0.6 is 0 Å². The van der Waals surface area contributed by atoms with Gasteiger partial charge in [0, 0.05) is 25.0 Å². The predicted molar refractivity (Wildman–Crippen MR) is 63.0 cm³/mol. The van der Waals surface area contributed by atoms with Crippen molar-refractivity contribution in [2.75, 3.05) is 39.8 Å². The Morgan fingerprint density at radius 2 is 2.00 bits per heavy atom. The van der Waals surface area contributed by atoms with Gasteiger partial charge in [-0.15, -0.1) is 0 Å². The van der Waals surface area contributed by atoms with Crippen molar-refractivity contribution in [3.63, 3.8) is 0 Å². The molecule has 1 unspecified atom stereocenters. The first-order valence-corrected chi connectivity index (χ1v) is 5.97. The number of hydrogen-bond acceptors (Lipinski definition) is 3. The van der Waals surface area contributed by atoms with Gasteiger partial charge in [-0.1, -0.05) is 13.8 Å². The maximum atomic E-state index is 11.0. The van der Waals surface area contributed by atoms with Crippen molar-refractivity contribution in [3.05, 3.63) is 0 Å². The largest absolute Gasteiger partial charge is 0.305 e. The summed E-state index contributed by atoms with van der Waals surface area (Å²) >= 11 is 0. The summed E-state index contributed by atoms with van der Waals surface area (Å²) in [5, 5.41) is 0. The number of nitrogens with zero attached hydrogens (tertiary/aromatic N) is 2. The highest BCUT2D eigenvalue weighted by molar-refractivity contribution is 5.58. The van der Waals surface area contributed by atoms with E-state index < -0.39 is 0 Å². The fourth-order valence-corrected chi connectivity index (χ4v) is 2.00. The van der Waals surface area contributed by atoms with E-state index in [9.17, 15) is 4.79 Å². The Labute approximate surface area is 93.4 Å². The minimum Gasteiger partial charge on any atom is -0.305 e. The molecule has 0 bridgehead atoms. The van der Waals surface area contributed by atoms with Crippen LogP contribution in [-0.2, 0) is 4.79 Å². The third-order valence-corrected chi connectivity index (χ3v) is 3.49. The van der Waals surface area contributed by atoms with Crippen LogP contribution in [0.3, 0.4) is 0 Å². The first-order chi connectivity index (χ1) is 7.09. The molecule has 0 aliphatic carbocycles. The average Bonchev–Trinajstić information content (AvgIpc) is 2.44. The summed E-state index contributed by atoms with van der Waals surface area (Å²) in [5.41, 5.74) is -0.150. The van der Waals surface area contributed by atoms with Crippen LogP contribution in [-0.4, -0.2) is 55.9 Å². The highest BCUT2D eigenvalue weighted by Gasteiger charge is 2.25. The summed E-state index contributed by atoms with van der Waals surface area (Å²) < 4.78 is 0. The van der Waals surface area contributed by atoms with Crippen LogP contribution in [0.1, 0.15) is 26.7 Å². The molecule has 1 fully saturated rings. The van der Waals surface area contributed by atoms with Gasteiger partial charge in [-0.25, -0.2) is 0 Å². The lowest BCUT2D eigenvalue weighted by atomic mass is 9.89. The van der Waals surface area contributed by atoms with Gasteiger partial charge in [-0.05, 0) is 33.0 Å². The predicted octanol–water partition coefficient (Wildman–Crippen LogP) is 1.24. The summed E-state index contributed by atoms with van der Waals surface area (Å²) in [5.74, 6) is 0. The standard InChI is InChI=1S/C12H24N2O/c1-4-12(2,11-15)10-14-7-5-6-13(3)8-9-14/h11H,4-10H2,1-3H3. The molecular weight excluding hydrogens is 188 g/mol. The lowest BCUT2D eigenvalue weighted by Crippen LogP contribution is -2.38. The maximum absolute atomic E-state index is 11.0. The smallest absolute Gasteiger partial charge is 0.127 e. The van der Waals surface area contributed by atoms with E-state index in [-0.39, 0.29) is 5.41 Å². The van der Waals surface area contributed by atoms with E-state index in [2.05, 4.69) is 30.7 Å². The van der Waals surface area contributed by atoms with Gasteiger partial charge < -0.3 is 14.6 Å². The molecule has 0 aromatic carbocycles. The first-order valence-electron chi connectivity index (χ1n) is 5.97. The fraction of sp³-hybridized carbons (Fsp3) is 0.917. The molecule has 1 aliphatic rings. The Kier molecular flexibility index (Phi) is 4.74. The van der Waals surface area contributed by atoms with Crippen LogP contribution in [0.15, 0.2) is 0 Å². The van der Waals surface area contributed by atoms with Crippen LogP contribution in [0.25, 0.3) is 0 Å². The van der Waals surface area contributed by atoms with Crippen LogP contribution in [0.5, 0.6) is 0 Å². The van der Waals surface area contributed by atoms with Crippen LogP contribution in [0, 0.1) is 5.41 Å². The molecule has 0 saturated carbocycles. The van der Waals surface area contributed by atoms with Gasteiger partial charge in [0.05, 0.1) is 0 Å².